The van der Waals surface area contributed by atoms with E-state index in [-0.39, 0.29) is 0 Å². The average Bonchev–Trinajstić information content (AvgIpc) is 3.95. The van der Waals surface area contributed by atoms with E-state index < -0.39 is 0 Å². The minimum atomic E-state index is 0.706. The predicted molar refractivity (Wildman–Crippen MR) is 212 cm³/mol. The fourth-order valence-electron chi connectivity index (χ4n) is 8.25. The van der Waals surface area contributed by atoms with Gasteiger partial charge in [0, 0.05) is 56.8 Å². The van der Waals surface area contributed by atoms with Crippen LogP contribution >= 0.6 is 0 Å². The van der Waals surface area contributed by atoms with Crippen LogP contribution in [0, 0.1) is 0 Å². The Bertz CT molecular complexity index is 3200. The maximum Gasteiger partial charge on any atom is 0.145 e. The van der Waals surface area contributed by atoms with Gasteiger partial charge in [-0.1, -0.05) is 48.5 Å². The number of hydrogen-bond acceptors (Lipinski definition) is 5. The highest BCUT2D eigenvalue weighted by atomic mass is 16.5. The molecule has 0 bridgehead atoms. The lowest BCUT2D eigenvalue weighted by Gasteiger charge is -2.10. The van der Waals surface area contributed by atoms with Crippen LogP contribution in [0.4, 0.5) is 0 Å². The van der Waals surface area contributed by atoms with E-state index in [0.717, 1.165) is 99.1 Å². The Morgan fingerprint density at radius 2 is 0.849 bits per heavy atom. The summed E-state index contributed by atoms with van der Waals surface area (Å²) in [5.74, 6) is 3.05. The summed E-state index contributed by atoms with van der Waals surface area (Å²) in [6.45, 7) is 0. The van der Waals surface area contributed by atoms with Crippen molar-refractivity contribution in [2.75, 3.05) is 0 Å². The number of fused-ring (bicyclic) bond motifs is 14. The second-order valence-corrected chi connectivity index (χ2v) is 13.4. The number of ether oxygens (including phenoxy) is 1. The summed E-state index contributed by atoms with van der Waals surface area (Å²) >= 11 is 0. The van der Waals surface area contributed by atoms with Crippen molar-refractivity contribution < 1.29 is 13.6 Å². The Morgan fingerprint density at radius 1 is 0.396 bits per heavy atom. The first-order chi connectivity index (χ1) is 26.3. The van der Waals surface area contributed by atoms with Crippen LogP contribution in [0.15, 0.2) is 167 Å². The van der Waals surface area contributed by atoms with E-state index >= 15 is 0 Å². The molecule has 0 aliphatic carbocycles. The second-order valence-electron chi connectivity index (χ2n) is 13.4. The summed E-state index contributed by atoms with van der Waals surface area (Å²) in [6.07, 6.45) is 3.64. The quantitative estimate of drug-likeness (QED) is 0.185. The summed E-state index contributed by atoms with van der Waals surface area (Å²) in [6, 6.07) is 49.4. The normalized spacial score (nSPS) is 12.2. The summed E-state index contributed by atoms with van der Waals surface area (Å²) in [5.41, 5.74) is 7.44. The molecule has 0 radical (unpaired) electrons. The van der Waals surface area contributed by atoms with E-state index in [1.807, 2.05) is 85.2 Å². The third-order valence-corrected chi connectivity index (χ3v) is 10.5. The zero-order valence-corrected chi connectivity index (χ0v) is 28.0. The lowest BCUT2D eigenvalue weighted by atomic mass is 10.1. The zero-order valence-electron chi connectivity index (χ0n) is 28.0. The average molecular weight is 683 g/mol. The molecule has 12 rings (SSSR count). The van der Waals surface area contributed by atoms with Crippen molar-refractivity contribution in [1.29, 1.82) is 0 Å². The van der Waals surface area contributed by atoms with E-state index in [1.165, 1.54) is 0 Å². The van der Waals surface area contributed by atoms with E-state index in [9.17, 15) is 0 Å². The number of pyridine rings is 2. The van der Waals surface area contributed by atoms with Crippen LogP contribution < -0.4 is 4.74 Å². The molecule has 53 heavy (non-hydrogen) atoms. The van der Waals surface area contributed by atoms with Crippen molar-refractivity contribution >= 4 is 87.5 Å². The number of benzene rings is 6. The molecule has 12 aromatic rings. The van der Waals surface area contributed by atoms with Gasteiger partial charge < -0.3 is 13.6 Å². The molecule has 0 N–H and O–H groups in total. The van der Waals surface area contributed by atoms with Crippen molar-refractivity contribution in [2.24, 2.45) is 0 Å². The highest BCUT2D eigenvalue weighted by Crippen LogP contribution is 2.44. The minimum Gasteiger partial charge on any atom is -0.457 e. The standard InChI is InChI=1S/C46H26N4O3/c1-3-11-39-29(9-1)31-19-21-35-43(45(31)52-39)33-17-15-27(25-37(33)49(35)41-13-5-7-23-47-41)51-28-16-18-34-38(26-28)50(42-14-6-8-24-48-42)36-22-20-32-30-10-2-4-12-40(30)53-46(32)44(34)36/h1-26H. The lowest BCUT2D eigenvalue weighted by Crippen LogP contribution is -1.97. The molecule has 6 aromatic carbocycles. The Balaban J connectivity index is 1.07. The molecule has 0 aliphatic heterocycles. The Kier molecular flexibility index (Phi) is 5.65. The summed E-state index contributed by atoms with van der Waals surface area (Å²) in [4.78, 5) is 9.52. The number of para-hydroxylation sites is 2. The molecular weight excluding hydrogens is 657 g/mol. The van der Waals surface area contributed by atoms with Crippen LogP contribution in [0.25, 0.3) is 99.1 Å². The van der Waals surface area contributed by atoms with Gasteiger partial charge in [0.05, 0.1) is 32.8 Å². The van der Waals surface area contributed by atoms with Gasteiger partial charge in [-0.2, -0.15) is 0 Å². The fourth-order valence-corrected chi connectivity index (χ4v) is 8.25. The molecule has 0 unspecified atom stereocenters. The summed E-state index contributed by atoms with van der Waals surface area (Å²) in [7, 11) is 0. The van der Waals surface area contributed by atoms with Crippen LogP contribution in [0.1, 0.15) is 0 Å². The van der Waals surface area contributed by atoms with Crippen LogP contribution in [-0.4, -0.2) is 19.1 Å². The van der Waals surface area contributed by atoms with Crippen molar-refractivity contribution in [3.8, 4) is 23.1 Å². The molecule has 0 saturated heterocycles. The fraction of sp³-hybridized carbons (Fsp3) is 0. The molecule has 0 saturated carbocycles. The van der Waals surface area contributed by atoms with Crippen molar-refractivity contribution in [3.05, 3.63) is 158 Å². The second kappa shape index (κ2) is 10.6. The van der Waals surface area contributed by atoms with E-state index in [4.69, 9.17) is 23.5 Å². The van der Waals surface area contributed by atoms with Gasteiger partial charge in [0.15, 0.2) is 0 Å². The molecule has 7 nitrogen and oxygen atoms in total. The third kappa shape index (κ3) is 3.98. The van der Waals surface area contributed by atoms with Crippen molar-refractivity contribution in [2.45, 2.75) is 0 Å². The van der Waals surface area contributed by atoms with Gasteiger partial charge in [-0.3, -0.25) is 9.13 Å². The van der Waals surface area contributed by atoms with Gasteiger partial charge in [-0.05, 0) is 84.9 Å². The topological polar surface area (TPSA) is 71.2 Å². The molecule has 0 aliphatic rings. The van der Waals surface area contributed by atoms with E-state index in [0.29, 0.717) is 11.5 Å². The van der Waals surface area contributed by atoms with Crippen molar-refractivity contribution in [1.82, 2.24) is 19.1 Å². The maximum atomic E-state index is 6.72. The Hall–Kier alpha value is -7.38. The highest BCUT2D eigenvalue weighted by molar-refractivity contribution is 6.25. The molecule has 0 spiro atoms. The van der Waals surface area contributed by atoms with Crippen LogP contribution in [0.5, 0.6) is 11.5 Å². The number of hydrogen-bond donors (Lipinski definition) is 0. The first-order valence-corrected chi connectivity index (χ1v) is 17.6. The number of nitrogens with zero attached hydrogens (tertiary/aromatic N) is 4. The smallest absolute Gasteiger partial charge is 0.145 e. The van der Waals surface area contributed by atoms with Gasteiger partial charge in [0.2, 0.25) is 0 Å². The molecule has 6 heterocycles. The Labute approximate surface area is 300 Å². The molecule has 248 valence electrons. The predicted octanol–water partition coefficient (Wildman–Crippen LogP) is 12.3. The van der Waals surface area contributed by atoms with Gasteiger partial charge >= 0.3 is 0 Å². The van der Waals surface area contributed by atoms with E-state index in [1.54, 1.807) is 0 Å². The number of furan rings is 2. The zero-order chi connectivity index (χ0) is 34.6. The minimum absolute atomic E-state index is 0.706. The van der Waals surface area contributed by atoms with Crippen molar-refractivity contribution in [3.63, 3.8) is 0 Å². The maximum absolute atomic E-state index is 6.72. The van der Waals surface area contributed by atoms with Crippen LogP contribution in [0.2, 0.25) is 0 Å². The van der Waals surface area contributed by atoms with E-state index in [2.05, 4.69) is 81.9 Å². The third-order valence-electron chi connectivity index (χ3n) is 10.5. The molecule has 7 heteroatoms. The molecule has 6 aromatic heterocycles. The van der Waals surface area contributed by atoms with Gasteiger partial charge in [-0.15, -0.1) is 0 Å². The van der Waals surface area contributed by atoms with Crippen LogP contribution in [-0.2, 0) is 0 Å². The first-order valence-electron chi connectivity index (χ1n) is 17.6. The number of aromatic nitrogens is 4. The molecular formula is C46H26N4O3. The van der Waals surface area contributed by atoms with Gasteiger partial charge in [-0.25, -0.2) is 9.97 Å². The largest absolute Gasteiger partial charge is 0.457 e. The molecule has 0 amide bonds. The van der Waals surface area contributed by atoms with Gasteiger partial charge in [0.25, 0.3) is 0 Å². The lowest BCUT2D eigenvalue weighted by molar-refractivity contribution is 0.484. The number of rotatable bonds is 4. The highest BCUT2D eigenvalue weighted by Gasteiger charge is 2.22. The molecule has 0 fully saturated rings. The van der Waals surface area contributed by atoms with Crippen LogP contribution in [0.3, 0.4) is 0 Å². The monoisotopic (exact) mass is 682 g/mol. The Morgan fingerprint density at radius 3 is 1.32 bits per heavy atom. The van der Waals surface area contributed by atoms with Gasteiger partial charge in [0.1, 0.15) is 45.5 Å². The SMILES string of the molecule is c1ccc(-n2c3cc(Oc4ccc5c6c7oc8ccccc8c7ccc6n(-c6ccccn6)c5c4)ccc3c3c4oc5ccccc5c4ccc32)nc1. The first kappa shape index (κ1) is 28.3. The summed E-state index contributed by atoms with van der Waals surface area (Å²) < 4.78 is 24.2. The molecule has 0 atom stereocenters. The summed E-state index contributed by atoms with van der Waals surface area (Å²) in [5, 5.41) is 8.58.